The van der Waals surface area contributed by atoms with E-state index >= 15 is 0 Å². The second-order valence-corrected chi connectivity index (χ2v) is 11.8. The van der Waals surface area contributed by atoms with E-state index in [2.05, 4.69) is 15.3 Å². The number of carbonyl (C=O) groups excluding carboxylic acids is 3. The van der Waals surface area contributed by atoms with E-state index in [-0.39, 0.29) is 29.8 Å². The number of aromatic nitrogens is 2. The van der Waals surface area contributed by atoms with Crippen molar-refractivity contribution in [3.05, 3.63) is 90.3 Å². The Morgan fingerprint density at radius 2 is 1.62 bits per heavy atom. The summed E-state index contributed by atoms with van der Waals surface area (Å²) < 4.78 is 0. The Bertz CT molecular complexity index is 1540. The van der Waals surface area contributed by atoms with Crippen molar-refractivity contribution in [2.75, 3.05) is 13.1 Å². The van der Waals surface area contributed by atoms with E-state index in [0.29, 0.717) is 24.3 Å². The number of aromatic amines is 1. The lowest BCUT2D eigenvalue weighted by Gasteiger charge is -2.39. The Hall–Kier alpha value is -4.46. The highest BCUT2D eigenvalue weighted by Gasteiger charge is 2.49. The van der Waals surface area contributed by atoms with Crippen LogP contribution in [-0.2, 0) is 4.79 Å². The van der Waals surface area contributed by atoms with Gasteiger partial charge in [0, 0.05) is 41.3 Å². The number of piperazine rings is 1. The van der Waals surface area contributed by atoms with Crippen molar-refractivity contribution in [3.8, 4) is 11.3 Å². The van der Waals surface area contributed by atoms with E-state index in [1.807, 2.05) is 97.3 Å². The van der Waals surface area contributed by atoms with Gasteiger partial charge in [-0.3, -0.25) is 19.4 Å². The van der Waals surface area contributed by atoms with Crippen LogP contribution in [0.25, 0.3) is 22.2 Å². The molecule has 2 aliphatic heterocycles. The van der Waals surface area contributed by atoms with Crippen LogP contribution in [0.3, 0.4) is 0 Å². The average molecular weight is 536 g/mol. The molecule has 204 valence electrons. The molecule has 0 saturated carbocycles. The van der Waals surface area contributed by atoms with E-state index < -0.39 is 11.5 Å². The van der Waals surface area contributed by atoms with Crippen LogP contribution in [-0.4, -0.2) is 68.7 Å². The lowest BCUT2D eigenvalue weighted by atomic mass is 9.85. The summed E-state index contributed by atoms with van der Waals surface area (Å²) in [5.41, 5.74) is 3.26. The molecular formula is C32H33N5O3. The number of carbonyl (C=O) groups is 3. The van der Waals surface area contributed by atoms with Gasteiger partial charge in [0.2, 0.25) is 5.91 Å². The van der Waals surface area contributed by atoms with Crippen LogP contribution in [0.15, 0.2) is 79.0 Å². The number of para-hydroxylation sites is 1. The molecule has 2 fully saturated rings. The van der Waals surface area contributed by atoms with Gasteiger partial charge in [-0.25, -0.2) is 0 Å². The van der Waals surface area contributed by atoms with Crippen LogP contribution < -0.4 is 5.32 Å². The third-order valence-electron chi connectivity index (χ3n) is 8.04. The van der Waals surface area contributed by atoms with Gasteiger partial charge in [0.15, 0.2) is 0 Å². The van der Waals surface area contributed by atoms with Crippen molar-refractivity contribution in [1.29, 1.82) is 0 Å². The summed E-state index contributed by atoms with van der Waals surface area (Å²) in [6, 6.07) is 22.0. The molecule has 2 aliphatic rings. The van der Waals surface area contributed by atoms with Crippen molar-refractivity contribution in [3.63, 3.8) is 0 Å². The minimum absolute atomic E-state index is 0.0216. The first-order chi connectivity index (χ1) is 19.2. The maximum absolute atomic E-state index is 13.8. The number of nitrogens with one attached hydrogen (secondary N) is 2. The Morgan fingerprint density at radius 1 is 0.925 bits per heavy atom. The monoisotopic (exact) mass is 535 g/mol. The molecule has 4 heterocycles. The van der Waals surface area contributed by atoms with Crippen molar-refractivity contribution >= 4 is 28.6 Å². The molecule has 8 nitrogen and oxygen atoms in total. The summed E-state index contributed by atoms with van der Waals surface area (Å²) in [6.45, 7) is 6.83. The Kier molecular flexibility index (Phi) is 6.41. The highest BCUT2D eigenvalue weighted by Crippen LogP contribution is 2.34. The summed E-state index contributed by atoms with van der Waals surface area (Å²) in [5, 5.41) is 3.95. The number of H-pyrrole nitrogens is 1. The summed E-state index contributed by atoms with van der Waals surface area (Å²) in [7, 11) is 0. The number of fused-ring (bicyclic) bond motifs is 3. The molecule has 8 heteroatoms. The third-order valence-corrected chi connectivity index (χ3v) is 8.04. The fraction of sp³-hybridized carbons (Fsp3) is 0.312. The second kappa shape index (κ2) is 9.93. The van der Waals surface area contributed by atoms with Crippen LogP contribution >= 0.6 is 0 Å². The van der Waals surface area contributed by atoms with Crippen molar-refractivity contribution in [1.82, 2.24) is 25.1 Å². The lowest BCUT2D eigenvalue weighted by Crippen LogP contribution is -2.59. The van der Waals surface area contributed by atoms with E-state index in [0.717, 1.165) is 28.6 Å². The summed E-state index contributed by atoms with van der Waals surface area (Å²) in [6.07, 6.45) is 2.50. The summed E-state index contributed by atoms with van der Waals surface area (Å²) >= 11 is 0. The third kappa shape index (κ3) is 4.74. The van der Waals surface area contributed by atoms with Crippen LogP contribution in [0.2, 0.25) is 0 Å². The van der Waals surface area contributed by atoms with Gasteiger partial charge in [-0.2, -0.15) is 0 Å². The van der Waals surface area contributed by atoms with Gasteiger partial charge < -0.3 is 20.1 Å². The predicted octanol–water partition coefficient (Wildman–Crippen LogP) is 4.50. The Morgan fingerprint density at radius 3 is 2.27 bits per heavy atom. The molecule has 40 heavy (non-hydrogen) atoms. The van der Waals surface area contributed by atoms with Crippen LogP contribution in [0.5, 0.6) is 0 Å². The van der Waals surface area contributed by atoms with Crippen LogP contribution in [0.4, 0.5) is 0 Å². The molecular weight excluding hydrogens is 502 g/mol. The van der Waals surface area contributed by atoms with Crippen LogP contribution in [0, 0.1) is 5.41 Å². The number of benzene rings is 2. The van der Waals surface area contributed by atoms with E-state index in [4.69, 9.17) is 0 Å². The molecule has 2 saturated heterocycles. The fourth-order valence-corrected chi connectivity index (χ4v) is 5.89. The van der Waals surface area contributed by atoms with Gasteiger partial charge in [0.05, 0.1) is 17.8 Å². The quantitative estimate of drug-likeness (QED) is 0.393. The fourth-order valence-electron chi connectivity index (χ4n) is 5.89. The molecule has 3 atom stereocenters. The average Bonchev–Trinajstić information content (AvgIpc) is 3.69. The van der Waals surface area contributed by atoms with E-state index in [9.17, 15) is 14.4 Å². The minimum Gasteiger partial charge on any atom is -0.351 e. The molecule has 0 unspecified atom stereocenters. The Labute approximate surface area is 233 Å². The molecule has 3 amide bonds. The number of pyridine rings is 1. The van der Waals surface area contributed by atoms with Crippen molar-refractivity contribution in [2.24, 2.45) is 5.41 Å². The SMILES string of the molecule is CC(C)(C)[C@H](NC(=O)c1cc2ccccc2[nH]1)C(=O)N1C[C@@H]2C[C@H]1CN2C(=O)c1ccc(-c2ccccn2)cc1. The van der Waals surface area contributed by atoms with Crippen molar-refractivity contribution in [2.45, 2.75) is 45.3 Å². The number of nitrogens with zero attached hydrogens (tertiary/aromatic N) is 3. The zero-order valence-electron chi connectivity index (χ0n) is 22.9. The molecule has 4 aromatic rings. The zero-order chi connectivity index (χ0) is 28.0. The smallest absolute Gasteiger partial charge is 0.268 e. The van der Waals surface area contributed by atoms with Gasteiger partial charge in [0.25, 0.3) is 11.8 Å². The summed E-state index contributed by atoms with van der Waals surface area (Å²) in [5.74, 6) is -0.428. The van der Waals surface area contributed by atoms with Gasteiger partial charge in [-0.05, 0) is 48.2 Å². The molecule has 0 radical (unpaired) electrons. The maximum Gasteiger partial charge on any atom is 0.268 e. The number of hydrogen-bond donors (Lipinski definition) is 2. The standard InChI is InChI=1S/C32H33N5O3/c1-32(2,3)28(35-29(38)27-16-22-8-4-5-10-26(22)34-27)31(40)37-19-23-17-24(37)18-36(23)30(39)21-13-11-20(12-14-21)25-9-6-7-15-33-25/h4-16,23-24,28,34H,17-19H2,1-3H3,(H,35,38)/t23-,24-,28+/m0/s1. The first-order valence-electron chi connectivity index (χ1n) is 13.7. The molecule has 2 aromatic heterocycles. The highest BCUT2D eigenvalue weighted by atomic mass is 16.2. The number of hydrogen-bond acceptors (Lipinski definition) is 4. The highest BCUT2D eigenvalue weighted by molar-refractivity contribution is 6.00. The van der Waals surface area contributed by atoms with E-state index in [1.54, 1.807) is 12.3 Å². The predicted molar refractivity (Wildman–Crippen MR) is 154 cm³/mol. The second-order valence-electron chi connectivity index (χ2n) is 11.8. The first kappa shape index (κ1) is 25.8. The van der Waals surface area contributed by atoms with Gasteiger partial charge in [-0.15, -0.1) is 0 Å². The van der Waals surface area contributed by atoms with E-state index in [1.165, 1.54) is 0 Å². The molecule has 0 aliphatic carbocycles. The first-order valence-corrected chi connectivity index (χ1v) is 13.7. The van der Waals surface area contributed by atoms with Crippen molar-refractivity contribution < 1.29 is 14.4 Å². The van der Waals surface area contributed by atoms with Crippen LogP contribution in [0.1, 0.15) is 48.0 Å². The zero-order valence-corrected chi connectivity index (χ0v) is 22.9. The molecule has 2 aromatic carbocycles. The minimum atomic E-state index is -0.700. The topological polar surface area (TPSA) is 98.4 Å². The molecule has 2 N–H and O–H groups in total. The number of likely N-dealkylation sites (tertiary alicyclic amines) is 2. The molecule has 2 bridgehead atoms. The molecule has 6 rings (SSSR count). The van der Waals surface area contributed by atoms with Gasteiger partial charge >= 0.3 is 0 Å². The normalized spacial score (nSPS) is 19.2. The number of rotatable bonds is 5. The number of amides is 3. The lowest BCUT2D eigenvalue weighted by molar-refractivity contribution is -0.138. The maximum atomic E-state index is 13.8. The van der Waals surface area contributed by atoms with Gasteiger partial charge in [0.1, 0.15) is 11.7 Å². The largest absolute Gasteiger partial charge is 0.351 e. The summed E-state index contributed by atoms with van der Waals surface area (Å²) in [4.78, 5) is 51.7. The van der Waals surface area contributed by atoms with Gasteiger partial charge in [-0.1, -0.05) is 57.2 Å². The molecule has 0 spiro atoms. The Balaban J connectivity index is 1.13.